The number of anilines is 1. The summed E-state index contributed by atoms with van der Waals surface area (Å²) in [5, 5.41) is 21.7. The zero-order valence-electron chi connectivity index (χ0n) is 18.7. The van der Waals surface area contributed by atoms with Gasteiger partial charge in [0.05, 0.1) is 12.2 Å². The van der Waals surface area contributed by atoms with Crippen molar-refractivity contribution in [3.05, 3.63) is 22.7 Å². The molecular weight excluding hydrogens is 436 g/mol. The largest absolute Gasteiger partial charge is 0.509 e. The Balaban J connectivity index is 2.22. The van der Waals surface area contributed by atoms with Gasteiger partial charge in [0.15, 0.2) is 0 Å². The van der Waals surface area contributed by atoms with Crippen LogP contribution in [0, 0.1) is 0 Å². The molecule has 0 saturated carbocycles. The molecule has 182 valence electrons. The molecule has 0 aliphatic carbocycles. The van der Waals surface area contributed by atoms with Crippen molar-refractivity contribution in [2.24, 2.45) is 0 Å². The molecule has 0 radical (unpaired) electrons. The van der Waals surface area contributed by atoms with Gasteiger partial charge in [0.25, 0.3) is 0 Å². The summed E-state index contributed by atoms with van der Waals surface area (Å²) >= 11 is 0. The first kappa shape index (κ1) is 25.9. The molecule has 1 aromatic rings. The fraction of sp³-hybridized carbons (Fsp3) is 0.737. The maximum absolute atomic E-state index is 15.0. The zero-order chi connectivity index (χ0) is 24.5. The average Bonchev–Trinajstić information content (AvgIpc) is 2.82. The second-order valence-corrected chi connectivity index (χ2v) is 9.12. The fourth-order valence-corrected chi connectivity index (χ4v) is 2.80. The Hall–Kier alpha value is -2.35. The van der Waals surface area contributed by atoms with Crippen LogP contribution >= 0.6 is 0 Å². The number of nitrogens with one attached hydrogen (secondary N) is 1. The number of aliphatic hydroxyl groups is 2. The number of hydrogen-bond donors (Lipinski definition) is 3. The van der Waals surface area contributed by atoms with E-state index >= 15 is 8.78 Å². The SMILES string of the molecule is CC(C)(C)OC(=O)OC1[C@@H](CO)O[C@@H](n2ccc(NC(O)OC(C)(C)C)nc2=O)C1(F)F. The Morgan fingerprint density at radius 2 is 1.94 bits per heavy atom. The van der Waals surface area contributed by atoms with Crippen LogP contribution in [-0.2, 0) is 18.9 Å². The second-order valence-electron chi connectivity index (χ2n) is 9.12. The number of aliphatic hydroxyl groups excluding tert-OH is 2. The lowest BCUT2D eigenvalue weighted by molar-refractivity contribution is -0.150. The molecule has 32 heavy (non-hydrogen) atoms. The number of rotatable bonds is 6. The molecule has 0 spiro atoms. The predicted octanol–water partition coefficient (Wildman–Crippen LogP) is 1.59. The lowest BCUT2D eigenvalue weighted by Crippen LogP contribution is -2.45. The fourth-order valence-electron chi connectivity index (χ4n) is 2.80. The van der Waals surface area contributed by atoms with Gasteiger partial charge in [-0.2, -0.15) is 13.8 Å². The summed E-state index contributed by atoms with van der Waals surface area (Å²) in [6, 6.07) is 1.14. The first-order valence-corrected chi connectivity index (χ1v) is 9.79. The summed E-state index contributed by atoms with van der Waals surface area (Å²) in [5.41, 5.74) is -2.84. The Morgan fingerprint density at radius 3 is 2.44 bits per heavy atom. The van der Waals surface area contributed by atoms with E-state index in [1.165, 1.54) is 20.8 Å². The lowest BCUT2D eigenvalue weighted by atomic mass is 10.1. The van der Waals surface area contributed by atoms with Crippen LogP contribution in [0.4, 0.5) is 19.4 Å². The summed E-state index contributed by atoms with van der Waals surface area (Å²) in [6.45, 7) is 8.73. The maximum atomic E-state index is 15.0. The average molecular weight is 465 g/mol. The molecule has 2 unspecified atom stereocenters. The van der Waals surface area contributed by atoms with Crippen molar-refractivity contribution in [3.63, 3.8) is 0 Å². The lowest BCUT2D eigenvalue weighted by Gasteiger charge is -2.26. The van der Waals surface area contributed by atoms with Crippen molar-refractivity contribution >= 4 is 12.0 Å². The number of hydrogen-bond acceptors (Lipinski definition) is 10. The van der Waals surface area contributed by atoms with Gasteiger partial charge in [0, 0.05) is 6.20 Å². The van der Waals surface area contributed by atoms with E-state index in [0.717, 1.165) is 12.3 Å². The van der Waals surface area contributed by atoms with Crippen molar-refractivity contribution in [1.29, 1.82) is 0 Å². The number of nitrogens with zero attached hydrogens (tertiary/aromatic N) is 2. The molecule has 1 saturated heterocycles. The van der Waals surface area contributed by atoms with Gasteiger partial charge in [0.1, 0.15) is 17.5 Å². The number of aromatic nitrogens is 2. The molecule has 3 N–H and O–H groups in total. The summed E-state index contributed by atoms with van der Waals surface area (Å²) in [6.07, 6.45) is -7.95. The maximum Gasteiger partial charge on any atom is 0.509 e. The van der Waals surface area contributed by atoms with Crippen molar-refractivity contribution in [3.8, 4) is 0 Å². The number of carbonyl (C=O) groups is 1. The summed E-state index contributed by atoms with van der Waals surface area (Å²) < 4.78 is 50.5. The van der Waals surface area contributed by atoms with Gasteiger partial charge in [-0.1, -0.05) is 0 Å². The quantitative estimate of drug-likeness (QED) is 0.419. The Morgan fingerprint density at radius 1 is 1.31 bits per heavy atom. The van der Waals surface area contributed by atoms with E-state index in [2.05, 4.69) is 10.3 Å². The standard InChI is InChI=1S/C19H29F2N3O8/c1-17(2,3)31-15(27)23-11-7-8-24(14(26)22-11)13-19(20,21)12(10(9-25)29-13)30-16(28)32-18(4,5)6/h7-8,10,12-13,15,25,27H,9H2,1-6H3,(H,22,23,26)/t10-,12?,13-,15?/m1/s1. The van der Waals surface area contributed by atoms with Crippen molar-refractivity contribution < 1.29 is 42.7 Å². The molecule has 11 nitrogen and oxygen atoms in total. The molecular formula is C19H29F2N3O8. The highest BCUT2D eigenvalue weighted by Gasteiger charge is 2.62. The van der Waals surface area contributed by atoms with E-state index in [4.69, 9.17) is 18.9 Å². The van der Waals surface area contributed by atoms with Crippen LogP contribution in [0.15, 0.2) is 17.1 Å². The Bertz CT molecular complexity index is 865. The Labute approximate surface area is 183 Å². The first-order chi connectivity index (χ1) is 14.5. The highest BCUT2D eigenvalue weighted by Crippen LogP contribution is 2.44. The first-order valence-electron chi connectivity index (χ1n) is 9.79. The van der Waals surface area contributed by atoms with Gasteiger partial charge in [-0.3, -0.25) is 4.57 Å². The third-order valence-corrected chi connectivity index (χ3v) is 3.96. The molecule has 1 aliphatic heterocycles. The molecule has 13 heteroatoms. The summed E-state index contributed by atoms with van der Waals surface area (Å²) in [4.78, 5) is 27.8. The van der Waals surface area contributed by atoms with E-state index in [1.807, 2.05) is 0 Å². The van der Waals surface area contributed by atoms with E-state index < -0.39 is 60.4 Å². The minimum atomic E-state index is -3.90. The molecule has 0 bridgehead atoms. The van der Waals surface area contributed by atoms with Gasteiger partial charge in [0.2, 0.25) is 18.7 Å². The van der Waals surface area contributed by atoms with Gasteiger partial charge >= 0.3 is 17.8 Å². The normalized spacial score (nSPS) is 24.1. The minimum absolute atomic E-state index is 0.135. The number of halogens is 2. The molecule has 2 heterocycles. The summed E-state index contributed by atoms with van der Waals surface area (Å²) in [7, 11) is 0. The number of ether oxygens (including phenoxy) is 4. The predicted molar refractivity (Wildman–Crippen MR) is 106 cm³/mol. The monoisotopic (exact) mass is 465 g/mol. The highest BCUT2D eigenvalue weighted by atomic mass is 19.3. The van der Waals surface area contributed by atoms with Crippen LogP contribution in [-0.4, -0.2) is 68.3 Å². The van der Waals surface area contributed by atoms with Gasteiger partial charge in [-0.05, 0) is 47.6 Å². The van der Waals surface area contributed by atoms with E-state index in [-0.39, 0.29) is 5.82 Å². The molecule has 0 aromatic carbocycles. The third kappa shape index (κ3) is 6.58. The van der Waals surface area contributed by atoms with Gasteiger partial charge in [-0.25, -0.2) is 9.59 Å². The second kappa shape index (κ2) is 9.25. The van der Waals surface area contributed by atoms with Crippen LogP contribution < -0.4 is 11.0 Å². The van der Waals surface area contributed by atoms with Crippen molar-refractivity contribution in [2.75, 3.05) is 11.9 Å². The van der Waals surface area contributed by atoms with E-state index in [9.17, 15) is 19.8 Å². The van der Waals surface area contributed by atoms with Crippen LogP contribution in [0.25, 0.3) is 0 Å². The minimum Gasteiger partial charge on any atom is -0.429 e. The van der Waals surface area contributed by atoms with Crippen LogP contribution in [0.5, 0.6) is 0 Å². The molecule has 1 fully saturated rings. The molecule has 4 atom stereocenters. The van der Waals surface area contributed by atoms with Crippen LogP contribution in [0.3, 0.4) is 0 Å². The molecule has 2 rings (SSSR count). The zero-order valence-corrected chi connectivity index (χ0v) is 18.7. The van der Waals surface area contributed by atoms with Crippen molar-refractivity contribution in [1.82, 2.24) is 9.55 Å². The highest BCUT2D eigenvalue weighted by molar-refractivity contribution is 5.61. The third-order valence-electron chi connectivity index (χ3n) is 3.96. The molecule has 1 aliphatic rings. The molecule has 0 amide bonds. The van der Waals surface area contributed by atoms with Gasteiger partial charge in [-0.15, -0.1) is 0 Å². The topological polar surface area (TPSA) is 141 Å². The van der Waals surface area contributed by atoms with E-state index in [0.29, 0.717) is 4.57 Å². The number of alkyl halides is 2. The van der Waals surface area contributed by atoms with Crippen molar-refractivity contribution in [2.45, 2.75) is 83.5 Å². The van der Waals surface area contributed by atoms with E-state index in [1.54, 1.807) is 20.8 Å². The number of carbonyl (C=O) groups excluding carboxylic acids is 1. The van der Waals surface area contributed by atoms with Crippen LogP contribution in [0.2, 0.25) is 0 Å². The Kier molecular flexibility index (Phi) is 7.49. The smallest absolute Gasteiger partial charge is 0.429 e. The van der Waals surface area contributed by atoms with Crippen LogP contribution in [0.1, 0.15) is 47.8 Å². The summed E-state index contributed by atoms with van der Waals surface area (Å²) in [5.74, 6) is -4.04. The van der Waals surface area contributed by atoms with Gasteiger partial charge < -0.3 is 34.5 Å². The molecule has 1 aromatic heterocycles.